The summed E-state index contributed by atoms with van der Waals surface area (Å²) < 4.78 is 10.8. The van der Waals surface area contributed by atoms with Crippen LogP contribution >= 0.6 is 0 Å². The number of rotatable bonds is 17. The highest BCUT2D eigenvalue weighted by Gasteiger charge is 2.38. The van der Waals surface area contributed by atoms with Crippen LogP contribution in [-0.2, 0) is 9.47 Å². The summed E-state index contributed by atoms with van der Waals surface area (Å²) in [5, 5.41) is 29.1. The Morgan fingerprint density at radius 1 is 0.852 bits per heavy atom. The molecule has 0 radical (unpaired) electrons. The number of allylic oxidation sites excluding steroid dienone is 1. The Labute approximate surface area is 165 Å². The van der Waals surface area contributed by atoms with Crippen LogP contribution in [0.2, 0.25) is 0 Å². The minimum Gasteiger partial charge on any atom is -0.394 e. The van der Waals surface area contributed by atoms with Gasteiger partial charge in [0.15, 0.2) is 0 Å². The maximum absolute atomic E-state index is 10.0. The molecule has 1 fully saturated rings. The monoisotopic (exact) mass is 386 g/mol. The molecular weight excluding hydrogens is 344 g/mol. The van der Waals surface area contributed by atoms with E-state index < -0.39 is 24.4 Å². The minimum atomic E-state index is -0.972. The van der Waals surface area contributed by atoms with E-state index in [1.807, 2.05) is 6.08 Å². The van der Waals surface area contributed by atoms with Crippen molar-refractivity contribution in [3.8, 4) is 0 Å². The zero-order valence-electron chi connectivity index (χ0n) is 17.1. The SMILES string of the molecule is C=CCCCCCCCCCCCCCCO[C@H]1[C@H](O)[C@@H](CO)OC[C@@H]1O. The van der Waals surface area contributed by atoms with E-state index in [1.165, 1.54) is 64.2 Å². The number of aliphatic hydroxyl groups is 3. The predicted octanol–water partition coefficient (Wildman–Crippen LogP) is 3.74. The molecule has 5 heteroatoms. The summed E-state index contributed by atoms with van der Waals surface area (Å²) in [6.07, 6.45) is 15.3. The predicted molar refractivity (Wildman–Crippen MR) is 109 cm³/mol. The molecule has 4 atom stereocenters. The van der Waals surface area contributed by atoms with Crippen molar-refractivity contribution < 1.29 is 24.8 Å². The Bertz CT molecular complexity index is 350. The largest absolute Gasteiger partial charge is 0.394 e. The lowest BCUT2D eigenvalue weighted by Crippen LogP contribution is -2.55. The summed E-state index contributed by atoms with van der Waals surface area (Å²) in [5.74, 6) is 0. The smallest absolute Gasteiger partial charge is 0.114 e. The molecule has 1 heterocycles. The van der Waals surface area contributed by atoms with Crippen molar-refractivity contribution in [2.45, 2.75) is 108 Å². The van der Waals surface area contributed by atoms with E-state index in [0.29, 0.717) is 6.61 Å². The summed E-state index contributed by atoms with van der Waals surface area (Å²) >= 11 is 0. The van der Waals surface area contributed by atoms with Crippen LogP contribution < -0.4 is 0 Å². The fourth-order valence-electron chi connectivity index (χ4n) is 3.60. The highest BCUT2D eigenvalue weighted by atomic mass is 16.6. The minimum absolute atomic E-state index is 0.0990. The number of hydrogen-bond acceptors (Lipinski definition) is 5. The van der Waals surface area contributed by atoms with Crippen LogP contribution in [0.1, 0.15) is 83.5 Å². The van der Waals surface area contributed by atoms with Gasteiger partial charge in [0.05, 0.1) is 13.2 Å². The van der Waals surface area contributed by atoms with Gasteiger partial charge in [0.25, 0.3) is 0 Å². The van der Waals surface area contributed by atoms with Crippen LogP contribution in [0, 0.1) is 0 Å². The Morgan fingerprint density at radius 3 is 1.89 bits per heavy atom. The third-order valence-corrected chi connectivity index (χ3v) is 5.37. The summed E-state index contributed by atoms with van der Waals surface area (Å²) in [4.78, 5) is 0. The van der Waals surface area contributed by atoms with Crippen molar-refractivity contribution in [1.82, 2.24) is 0 Å². The Kier molecular flexibility index (Phi) is 15.0. The first kappa shape index (κ1) is 24.6. The zero-order chi connectivity index (χ0) is 19.7. The molecule has 0 aliphatic carbocycles. The van der Waals surface area contributed by atoms with Crippen LogP contribution in [0.15, 0.2) is 12.7 Å². The maximum Gasteiger partial charge on any atom is 0.114 e. The van der Waals surface area contributed by atoms with Crippen LogP contribution in [0.3, 0.4) is 0 Å². The second-order valence-corrected chi connectivity index (χ2v) is 7.77. The van der Waals surface area contributed by atoms with Gasteiger partial charge in [-0.2, -0.15) is 0 Å². The number of unbranched alkanes of at least 4 members (excludes halogenated alkanes) is 12. The van der Waals surface area contributed by atoms with Crippen LogP contribution in [0.5, 0.6) is 0 Å². The van der Waals surface area contributed by atoms with Crippen molar-refractivity contribution >= 4 is 0 Å². The molecule has 0 amide bonds. The van der Waals surface area contributed by atoms with Crippen molar-refractivity contribution in [2.75, 3.05) is 19.8 Å². The van der Waals surface area contributed by atoms with Gasteiger partial charge in [-0.3, -0.25) is 0 Å². The lowest BCUT2D eigenvalue weighted by atomic mass is 10.0. The molecule has 0 aromatic carbocycles. The second kappa shape index (κ2) is 16.5. The van der Waals surface area contributed by atoms with Crippen molar-refractivity contribution in [2.24, 2.45) is 0 Å². The van der Waals surface area contributed by atoms with Gasteiger partial charge in [-0.05, 0) is 19.3 Å². The molecule has 5 nitrogen and oxygen atoms in total. The van der Waals surface area contributed by atoms with Gasteiger partial charge in [-0.15, -0.1) is 6.58 Å². The van der Waals surface area contributed by atoms with Crippen LogP contribution in [-0.4, -0.2) is 59.6 Å². The molecule has 0 bridgehead atoms. The highest BCUT2D eigenvalue weighted by Crippen LogP contribution is 2.19. The fraction of sp³-hybridized carbons (Fsp3) is 0.909. The highest BCUT2D eigenvalue weighted by molar-refractivity contribution is 4.87. The Hall–Kier alpha value is -0.460. The third-order valence-electron chi connectivity index (χ3n) is 5.37. The molecular formula is C22H42O5. The third kappa shape index (κ3) is 11.2. The normalized spacial score (nSPS) is 25.6. The molecule has 1 aliphatic rings. The lowest BCUT2D eigenvalue weighted by Gasteiger charge is -2.37. The molecule has 0 saturated carbocycles. The first-order valence-corrected chi connectivity index (χ1v) is 11.0. The van der Waals surface area contributed by atoms with E-state index in [-0.39, 0.29) is 13.2 Å². The van der Waals surface area contributed by atoms with Crippen LogP contribution in [0.25, 0.3) is 0 Å². The quantitative estimate of drug-likeness (QED) is 0.262. The zero-order valence-corrected chi connectivity index (χ0v) is 17.1. The van der Waals surface area contributed by atoms with E-state index in [1.54, 1.807) is 0 Å². The molecule has 1 saturated heterocycles. The van der Waals surface area contributed by atoms with Gasteiger partial charge in [0, 0.05) is 6.61 Å². The molecule has 0 spiro atoms. The van der Waals surface area contributed by atoms with Crippen molar-refractivity contribution in [3.63, 3.8) is 0 Å². The average molecular weight is 387 g/mol. The topological polar surface area (TPSA) is 79.2 Å². The van der Waals surface area contributed by atoms with Gasteiger partial charge in [-0.1, -0.05) is 70.3 Å². The van der Waals surface area contributed by atoms with Crippen LogP contribution in [0.4, 0.5) is 0 Å². The van der Waals surface area contributed by atoms with Crippen molar-refractivity contribution in [1.29, 1.82) is 0 Å². The molecule has 160 valence electrons. The maximum atomic E-state index is 10.0. The number of aliphatic hydroxyl groups excluding tert-OH is 3. The summed E-state index contributed by atoms with van der Waals surface area (Å²) in [7, 11) is 0. The van der Waals surface area contributed by atoms with E-state index in [9.17, 15) is 10.2 Å². The standard InChI is InChI=1S/C22H42O5/c1-2-3-4-5-6-7-8-9-10-11-12-13-14-15-16-26-22-19(24)18-27-20(17-23)21(22)25/h2,19-25H,1,3-18H2/t19-,20+,21+,22+/m0/s1. The van der Waals surface area contributed by atoms with Gasteiger partial charge in [-0.25, -0.2) is 0 Å². The van der Waals surface area contributed by atoms with Gasteiger partial charge >= 0.3 is 0 Å². The lowest BCUT2D eigenvalue weighted by molar-refractivity contribution is -0.210. The van der Waals surface area contributed by atoms with E-state index in [0.717, 1.165) is 19.3 Å². The number of ether oxygens (including phenoxy) is 2. The summed E-state index contributed by atoms with van der Waals surface area (Å²) in [5.41, 5.74) is 0. The van der Waals surface area contributed by atoms with Gasteiger partial charge in [0.1, 0.15) is 24.4 Å². The molecule has 0 aromatic rings. The summed E-state index contributed by atoms with van der Waals surface area (Å²) in [6.45, 7) is 4.12. The first-order chi connectivity index (χ1) is 13.2. The van der Waals surface area contributed by atoms with E-state index >= 15 is 0 Å². The summed E-state index contributed by atoms with van der Waals surface area (Å²) in [6, 6.07) is 0. The van der Waals surface area contributed by atoms with Crippen molar-refractivity contribution in [3.05, 3.63) is 12.7 Å². The number of hydrogen-bond donors (Lipinski definition) is 3. The molecule has 0 aromatic heterocycles. The molecule has 0 unspecified atom stereocenters. The fourth-order valence-corrected chi connectivity index (χ4v) is 3.60. The molecule has 1 rings (SSSR count). The van der Waals surface area contributed by atoms with Gasteiger partial charge < -0.3 is 24.8 Å². The molecule has 1 aliphatic heterocycles. The van der Waals surface area contributed by atoms with Gasteiger partial charge in [0.2, 0.25) is 0 Å². The van der Waals surface area contributed by atoms with E-state index in [2.05, 4.69) is 6.58 Å². The Morgan fingerprint density at radius 2 is 1.37 bits per heavy atom. The van der Waals surface area contributed by atoms with E-state index in [4.69, 9.17) is 14.6 Å². The second-order valence-electron chi connectivity index (χ2n) is 7.77. The average Bonchev–Trinajstić information content (AvgIpc) is 2.67. The molecule has 27 heavy (non-hydrogen) atoms. The first-order valence-electron chi connectivity index (χ1n) is 11.0. The molecule has 3 N–H and O–H groups in total. The Balaban J connectivity index is 1.87.